The highest BCUT2D eigenvalue weighted by molar-refractivity contribution is 5.84. The van der Waals surface area contributed by atoms with Crippen LogP contribution in [-0.4, -0.2) is 66.1 Å². The first-order valence-corrected chi connectivity index (χ1v) is 8.55. The van der Waals surface area contributed by atoms with Gasteiger partial charge < -0.3 is 11.1 Å². The van der Waals surface area contributed by atoms with Crippen molar-refractivity contribution in [2.75, 3.05) is 32.7 Å². The summed E-state index contributed by atoms with van der Waals surface area (Å²) >= 11 is 0. The summed E-state index contributed by atoms with van der Waals surface area (Å²) in [5.74, 6) is -0.172. The van der Waals surface area contributed by atoms with Crippen molar-refractivity contribution in [2.45, 2.75) is 64.1 Å². The van der Waals surface area contributed by atoms with Crippen molar-refractivity contribution >= 4 is 5.91 Å². The molecule has 1 heterocycles. The number of nitrogens with zero attached hydrogens (tertiary/aromatic N) is 2. The predicted octanol–water partition coefficient (Wildman–Crippen LogP) is 0.789. The molecule has 3 atom stereocenters. The summed E-state index contributed by atoms with van der Waals surface area (Å²) < 4.78 is 0. The molecule has 1 amide bonds. The van der Waals surface area contributed by atoms with E-state index in [0.29, 0.717) is 12.1 Å². The average Bonchev–Trinajstić information content (AvgIpc) is 2.47. The first-order chi connectivity index (χ1) is 10.0. The van der Waals surface area contributed by atoms with E-state index in [0.717, 1.165) is 52.0 Å². The van der Waals surface area contributed by atoms with Crippen LogP contribution in [0.4, 0.5) is 0 Å². The van der Waals surface area contributed by atoms with Gasteiger partial charge in [-0.05, 0) is 45.7 Å². The molecule has 1 aliphatic heterocycles. The maximum Gasteiger partial charge on any atom is 0.237 e. The van der Waals surface area contributed by atoms with E-state index >= 15 is 0 Å². The molecule has 2 rings (SSSR count). The third-order valence-corrected chi connectivity index (χ3v) is 5.43. The van der Waals surface area contributed by atoms with E-state index in [1.54, 1.807) is 0 Å². The van der Waals surface area contributed by atoms with Gasteiger partial charge in [-0.3, -0.25) is 14.6 Å². The molecule has 1 saturated heterocycles. The van der Waals surface area contributed by atoms with Crippen LogP contribution in [0.25, 0.3) is 0 Å². The summed E-state index contributed by atoms with van der Waals surface area (Å²) in [6, 6.07) is 1.10. The van der Waals surface area contributed by atoms with Gasteiger partial charge in [0, 0.05) is 31.7 Å². The minimum Gasteiger partial charge on any atom is -0.368 e. The second-order valence-electron chi connectivity index (χ2n) is 6.70. The van der Waals surface area contributed by atoms with Crippen molar-refractivity contribution in [1.29, 1.82) is 0 Å². The van der Waals surface area contributed by atoms with Crippen LogP contribution in [0.3, 0.4) is 0 Å². The Kier molecular flexibility index (Phi) is 5.63. The van der Waals surface area contributed by atoms with Gasteiger partial charge in [0.2, 0.25) is 5.91 Å². The highest BCUT2D eigenvalue weighted by Crippen LogP contribution is 2.32. The van der Waals surface area contributed by atoms with Gasteiger partial charge in [0.05, 0.1) is 5.54 Å². The van der Waals surface area contributed by atoms with Crippen LogP contribution in [-0.2, 0) is 4.79 Å². The fraction of sp³-hybridized carbons (Fsp3) is 0.938. The fourth-order valence-electron chi connectivity index (χ4n) is 4.19. The van der Waals surface area contributed by atoms with E-state index in [4.69, 9.17) is 5.73 Å². The Labute approximate surface area is 129 Å². The number of rotatable bonds is 5. The summed E-state index contributed by atoms with van der Waals surface area (Å²) in [7, 11) is 0. The molecule has 2 aliphatic rings. The van der Waals surface area contributed by atoms with E-state index in [1.807, 2.05) is 0 Å². The molecule has 0 bridgehead atoms. The van der Waals surface area contributed by atoms with Gasteiger partial charge in [0.25, 0.3) is 0 Å². The predicted molar refractivity (Wildman–Crippen MR) is 86.1 cm³/mol. The highest BCUT2D eigenvalue weighted by Gasteiger charge is 2.43. The van der Waals surface area contributed by atoms with Gasteiger partial charge in [0.15, 0.2) is 0 Å². The lowest BCUT2D eigenvalue weighted by molar-refractivity contribution is -0.127. The Bertz CT molecular complexity index is 358. The van der Waals surface area contributed by atoms with Crippen molar-refractivity contribution in [3.05, 3.63) is 0 Å². The van der Waals surface area contributed by atoms with Gasteiger partial charge in [-0.1, -0.05) is 13.8 Å². The van der Waals surface area contributed by atoms with Crippen LogP contribution in [0.15, 0.2) is 0 Å². The number of primary amides is 1. The largest absolute Gasteiger partial charge is 0.368 e. The summed E-state index contributed by atoms with van der Waals surface area (Å²) in [5.41, 5.74) is 5.24. The molecule has 5 nitrogen and oxygen atoms in total. The zero-order valence-electron chi connectivity index (χ0n) is 13.9. The van der Waals surface area contributed by atoms with Gasteiger partial charge in [-0.15, -0.1) is 0 Å². The number of piperazine rings is 1. The van der Waals surface area contributed by atoms with Crippen LogP contribution in [0, 0.1) is 0 Å². The molecular formula is C16H32N4O. The molecule has 122 valence electrons. The zero-order valence-corrected chi connectivity index (χ0v) is 13.9. The van der Waals surface area contributed by atoms with Crippen molar-refractivity contribution < 1.29 is 4.79 Å². The molecule has 3 N–H and O–H groups in total. The average molecular weight is 296 g/mol. The lowest BCUT2D eigenvalue weighted by Gasteiger charge is -2.47. The second-order valence-corrected chi connectivity index (χ2v) is 6.70. The maximum atomic E-state index is 12.0. The third-order valence-electron chi connectivity index (χ3n) is 5.43. The molecule has 3 unspecified atom stereocenters. The van der Waals surface area contributed by atoms with Crippen LogP contribution in [0.2, 0.25) is 0 Å². The van der Waals surface area contributed by atoms with E-state index in [-0.39, 0.29) is 5.91 Å². The maximum absolute atomic E-state index is 12.0. The summed E-state index contributed by atoms with van der Waals surface area (Å²) in [5, 5.41) is 3.39. The van der Waals surface area contributed by atoms with Gasteiger partial charge in [0.1, 0.15) is 0 Å². The van der Waals surface area contributed by atoms with E-state index < -0.39 is 5.54 Å². The molecule has 0 aromatic rings. The van der Waals surface area contributed by atoms with Gasteiger partial charge in [-0.2, -0.15) is 0 Å². The SMILES string of the molecule is CCNC1(C(N)=O)CCCC(N2CCN(CC)C(C)C2)C1. The molecule has 1 saturated carbocycles. The first-order valence-electron chi connectivity index (χ1n) is 8.55. The quantitative estimate of drug-likeness (QED) is 0.787. The molecule has 0 spiro atoms. The minimum absolute atomic E-state index is 0.172. The van der Waals surface area contributed by atoms with Gasteiger partial charge >= 0.3 is 0 Å². The Morgan fingerprint density at radius 3 is 2.71 bits per heavy atom. The van der Waals surface area contributed by atoms with Crippen molar-refractivity contribution in [2.24, 2.45) is 5.73 Å². The number of carbonyl (C=O) groups is 1. The third kappa shape index (κ3) is 3.58. The molecule has 1 aliphatic carbocycles. The van der Waals surface area contributed by atoms with Crippen LogP contribution in [0.1, 0.15) is 46.5 Å². The monoisotopic (exact) mass is 296 g/mol. The molecular weight excluding hydrogens is 264 g/mol. The number of likely N-dealkylation sites (N-methyl/N-ethyl adjacent to an activating group) is 2. The Balaban J connectivity index is 2.02. The molecule has 0 radical (unpaired) electrons. The number of nitrogens with two attached hydrogens (primary N) is 1. The lowest BCUT2D eigenvalue weighted by Crippen LogP contribution is -2.63. The Morgan fingerprint density at radius 2 is 2.14 bits per heavy atom. The van der Waals surface area contributed by atoms with E-state index in [9.17, 15) is 4.79 Å². The lowest BCUT2D eigenvalue weighted by atomic mass is 9.77. The zero-order chi connectivity index (χ0) is 15.5. The summed E-state index contributed by atoms with van der Waals surface area (Å²) in [6.07, 6.45) is 4.04. The fourth-order valence-corrected chi connectivity index (χ4v) is 4.19. The van der Waals surface area contributed by atoms with Crippen molar-refractivity contribution in [3.8, 4) is 0 Å². The highest BCUT2D eigenvalue weighted by atomic mass is 16.1. The van der Waals surface area contributed by atoms with Gasteiger partial charge in [-0.25, -0.2) is 0 Å². The molecule has 0 aromatic heterocycles. The van der Waals surface area contributed by atoms with Crippen LogP contribution >= 0.6 is 0 Å². The number of amides is 1. The number of hydrogen-bond acceptors (Lipinski definition) is 4. The topological polar surface area (TPSA) is 61.6 Å². The normalized spacial score (nSPS) is 35.8. The van der Waals surface area contributed by atoms with Crippen LogP contribution < -0.4 is 11.1 Å². The molecule has 2 fully saturated rings. The molecule has 5 heteroatoms. The van der Waals surface area contributed by atoms with Crippen molar-refractivity contribution in [3.63, 3.8) is 0 Å². The van der Waals surface area contributed by atoms with Crippen LogP contribution in [0.5, 0.6) is 0 Å². The second kappa shape index (κ2) is 7.07. The van der Waals surface area contributed by atoms with E-state index in [1.165, 1.54) is 6.42 Å². The van der Waals surface area contributed by atoms with E-state index in [2.05, 4.69) is 35.9 Å². The smallest absolute Gasteiger partial charge is 0.237 e. The number of carbonyl (C=O) groups excluding carboxylic acids is 1. The van der Waals surface area contributed by atoms with Crippen molar-refractivity contribution in [1.82, 2.24) is 15.1 Å². The Morgan fingerprint density at radius 1 is 1.38 bits per heavy atom. The molecule has 21 heavy (non-hydrogen) atoms. The summed E-state index contributed by atoms with van der Waals surface area (Å²) in [6.45, 7) is 11.9. The standard InChI is InChI=1S/C16H32N4O/c1-4-18-16(15(17)21)8-6-7-14(11-16)20-10-9-19(5-2)13(3)12-20/h13-14,18H,4-12H2,1-3H3,(H2,17,21). The minimum atomic E-state index is -0.483. The summed E-state index contributed by atoms with van der Waals surface area (Å²) in [4.78, 5) is 17.1. The number of nitrogens with one attached hydrogen (secondary N) is 1. The molecule has 0 aromatic carbocycles. The Hall–Kier alpha value is -0.650. The first kappa shape index (κ1) is 16.7. The number of hydrogen-bond donors (Lipinski definition) is 2.